The molecular formula is C19H19BrN2O3S2. The summed E-state index contributed by atoms with van der Waals surface area (Å²) < 4.78 is 5.92. The number of thiocarbonyl (C=S) groups is 1. The zero-order valence-corrected chi connectivity index (χ0v) is 18.0. The van der Waals surface area contributed by atoms with Crippen molar-refractivity contribution in [1.82, 2.24) is 5.32 Å². The molecule has 142 valence electrons. The minimum absolute atomic E-state index is 0.153. The number of fused-ring (bicyclic) bond motifs is 1. The van der Waals surface area contributed by atoms with Crippen molar-refractivity contribution in [3.8, 4) is 0 Å². The van der Waals surface area contributed by atoms with E-state index in [4.69, 9.17) is 17.0 Å². The number of amides is 1. The number of thiophene rings is 1. The Bertz CT molecular complexity index is 895. The van der Waals surface area contributed by atoms with E-state index in [-0.39, 0.29) is 17.0 Å². The number of ether oxygens (including phenoxy) is 1. The molecule has 0 fully saturated rings. The monoisotopic (exact) mass is 466 g/mol. The van der Waals surface area contributed by atoms with Crippen LogP contribution >= 0.6 is 39.5 Å². The van der Waals surface area contributed by atoms with Crippen molar-refractivity contribution in [1.29, 1.82) is 0 Å². The van der Waals surface area contributed by atoms with Crippen LogP contribution in [0.5, 0.6) is 0 Å². The lowest BCUT2D eigenvalue weighted by atomic mass is 9.95. The maximum absolute atomic E-state index is 12.5. The van der Waals surface area contributed by atoms with Crippen LogP contribution in [0.15, 0.2) is 28.7 Å². The highest BCUT2D eigenvalue weighted by Crippen LogP contribution is 2.38. The molecule has 0 saturated carbocycles. The van der Waals surface area contributed by atoms with E-state index in [1.54, 1.807) is 25.1 Å². The van der Waals surface area contributed by atoms with Gasteiger partial charge in [-0.05, 0) is 78.5 Å². The number of halogens is 1. The molecule has 2 aromatic rings. The van der Waals surface area contributed by atoms with E-state index < -0.39 is 0 Å². The fraction of sp³-hybridized carbons (Fsp3) is 0.316. The van der Waals surface area contributed by atoms with Gasteiger partial charge in [-0.3, -0.25) is 10.1 Å². The number of anilines is 1. The minimum Gasteiger partial charge on any atom is -0.462 e. The highest BCUT2D eigenvalue weighted by atomic mass is 79.9. The summed E-state index contributed by atoms with van der Waals surface area (Å²) >= 11 is 10.2. The number of benzene rings is 1. The van der Waals surface area contributed by atoms with Crippen LogP contribution in [0.4, 0.5) is 5.00 Å². The number of rotatable bonds is 4. The van der Waals surface area contributed by atoms with Crippen molar-refractivity contribution in [2.75, 3.05) is 11.9 Å². The third-order valence-electron chi connectivity index (χ3n) is 4.22. The fourth-order valence-corrected chi connectivity index (χ4v) is 5.03. The van der Waals surface area contributed by atoms with Gasteiger partial charge >= 0.3 is 5.97 Å². The second-order valence-corrected chi connectivity index (χ2v) is 8.39. The van der Waals surface area contributed by atoms with Crippen molar-refractivity contribution in [2.24, 2.45) is 0 Å². The molecule has 0 saturated heterocycles. The minimum atomic E-state index is -0.348. The first-order valence-electron chi connectivity index (χ1n) is 8.69. The number of carbonyl (C=O) groups is 2. The van der Waals surface area contributed by atoms with Gasteiger partial charge in [-0.25, -0.2) is 4.79 Å². The van der Waals surface area contributed by atoms with Crippen LogP contribution < -0.4 is 10.6 Å². The molecule has 2 N–H and O–H groups in total. The Hall–Kier alpha value is -1.77. The quantitative estimate of drug-likeness (QED) is 0.505. The summed E-state index contributed by atoms with van der Waals surface area (Å²) in [6, 6.07) is 7.11. The van der Waals surface area contributed by atoms with Gasteiger partial charge < -0.3 is 10.1 Å². The molecule has 0 aliphatic heterocycles. The average Bonchev–Trinajstić information content (AvgIpc) is 2.99. The molecule has 1 aliphatic rings. The molecule has 8 heteroatoms. The number of hydrogen-bond acceptors (Lipinski definition) is 5. The number of esters is 1. The molecule has 1 aromatic carbocycles. The fourth-order valence-electron chi connectivity index (χ4n) is 3.02. The zero-order valence-electron chi connectivity index (χ0n) is 14.8. The largest absolute Gasteiger partial charge is 0.462 e. The second-order valence-electron chi connectivity index (χ2n) is 6.02. The molecule has 5 nitrogen and oxygen atoms in total. The van der Waals surface area contributed by atoms with Crippen LogP contribution in [0.25, 0.3) is 0 Å². The van der Waals surface area contributed by atoms with E-state index in [9.17, 15) is 9.59 Å². The van der Waals surface area contributed by atoms with Gasteiger partial charge in [0.05, 0.1) is 17.7 Å². The number of hydrogen-bond donors (Lipinski definition) is 2. The van der Waals surface area contributed by atoms with E-state index in [1.165, 1.54) is 16.2 Å². The van der Waals surface area contributed by atoms with Crippen molar-refractivity contribution < 1.29 is 14.3 Å². The van der Waals surface area contributed by atoms with E-state index in [0.717, 1.165) is 31.2 Å². The molecule has 27 heavy (non-hydrogen) atoms. The normalized spacial score (nSPS) is 12.8. The Kier molecular flexibility index (Phi) is 6.62. The Morgan fingerprint density at radius 2 is 2.00 bits per heavy atom. The summed E-state index contributed by atoms with van der Waals surface area (Å²) in [7, 11) is 0. The smallest absolute Gasteiger partial charge is 0.341 e. The van der Waals surface area contributed by atoms with E-state index >= 15 is 0 Å². The lowest BCUT2D eigenvalue weighted by molar-refractivity contribution is 0.0526. The predicted octanol–water partition coefficient (Wildman–Crippen LogP) is 4.69. The molecule has 1 aliphatic carbocycles. The number of carbonyl (C=O) groups excluding carboxylic acids is 2. The summed E-state index contributed by atoms with van der Waals surface area (Å²) in [6.07, 6.45) is 3.97. The van der Waals surface area contributed by atoms with Crippen LogP contribution in [0, 0.1) is 0 Å². The van der Waals surface area contributed by atoms with Crippen LogP contribution in [0.3, 0.4) is 0 Å². The van der Waals surface area contributed by atoms with Crippen LogP contribution in [0.2, 0.25) is 0 Å². The molecule has 0 atom stereocenters. The van der Waals surface area contributed by atoms with E-state index in [0.29, 0.717) is 27.2 Å². The standard InChI is InChI=1S/C19H19BrN2O3S2/c1-2-25-18(24)15-12-8-4-6-10-14(12)27-17(15)22-19(26)21-16(23)11-7-3-5-9-13(11)20/h3,5,7,9H,2,4,6,8,10H2,1H3,(H2,21,22,23,26). The maximum Gasteiger partial charge on any atom is 0.341 e. The molecule has 3 rings (SSSR count). The van der Waals surface area contributed by atoms with Gasteiger partial charge in [-0.2, -0.15) is 0 Å². The predicted molar refractivity (Wildman–Crippen MR) is 115 cm³/mol. The summed E-state index contributed by atoms with van der Waals surface area (Å²) in [4.78, 5) is 26.1. The summed E-state index contributed by atoms with van der Waals surface area (Å²) in [6.45, 7) is 2.10. The molecule has 1 aromatic heterocycles. The third kappa shape index (κ3) is 4.56. The highest BCUT2D eigenvalue weighted by molar-refractivity contribution is 9.10. The molecule has 0 spiro atoms. The molecular weight excluding hydrogens is 448 g/mol. The van der Waals surface area contributed by atoms with Crippen LogP contribution in [0.1, 0.15) is 50.9 Å². The first kappa shape index (κ1) is 20.0. The first-order chi connectivity index (χ1) is 13.0. The van der Waals surface area contributed by atoms with E-state index in [1.807, 2.05) is 6.07 Å². The van der Waals surface area contributed by atoms with Crippen LogP contribution in [-0.2, 0) is 17.6 Å². The maximum atomic E-state index is 12.5. The second kappa shape index (κ2) is 8.95. The molecule has 0 bridgehead atoms. The van der Waals surface area contributed by atoms with Gasteiger partial charge in [0.25, 0.3) is 5.91 Å². The Morgan fingerprint density at radius 1 is 1.26 bits per heavy atom. The van der Waals surface area contributed by atoms with Gasteiger partial charge in [0, 0.05) is 9.35 Å². The van der Waals surface area contributed by atoms with Gasteiger partial charge in [0.15, 0.2) is 5.11 Å². The summed E-state index contributed by atoms with van der Waals surface area (Å²) in [5.41, 5.74) is 2.08. The molecule has 0 unspecified atom stereocenters. The van der Waals surface area contributed by atoms with Crippen molar-refractivity contribution >= 4 is 61.5 Å². The van der Waals surface area contributed by atoms with Crippen molar-refractivity contribution in [3.05, 3.63) is 50.3 Å². The number of aryl methyl sites for hydroxylation is 1. The molecule has 1 amide bonds. The molecule has 0 radical (unpaired) electrons. The highest BCUT2D eigenvalue weighted by Gasteiger charge is 2.27. The summed E-state index contributed by atoms with van der Waals surface area (Å²) in [5, 5.41) is 6.49. The lowest BCUT2D eigenvalue weighted by Crippen LogP contribution is -2.34. The van der Waals surface area contributed by atoms with Gasteiger partial charge in [0.1, 0.15) is 5.00 Å². The SMILES string of the molecule is CCOC(=O)c1c(NC(=S)NC(=O)c2ccccc2Br)sc2c1CCCC2. The lowest BCUT2D eigenvalue weighted by Gasteiger charge is -2.13. The topological polar surface area (TPSA) is 67.4 Å². The first-order valence-corrected chi connectivity index (χ1v) is 10.7. The van der Waals surface area contributed by atoms with Crippen molar-refractivity contribution in [2.45, 2.75) is 32.6 Å². The average molecular weight is 467 g/mol. The zero-order chi connectivity index (χ0) is 19.4. The van der Waals surface area contributed by atoms with Gasteiger partial charge in [-0.1, -0.05) is 12.1 Å². The third-order valence-corrected chi connectivity index (χ3v) is 6.33. The van der Waals surface area contributed by atoms with Gasteiger partial charge in [-0.15, -0.1) is 11.3 Å². The Morgan fingerprint density at radius 3 is 2.74 bits per heavy atom. The number of nitrogens with one attached hydrogen (secondary N) is 2. The van der Waals surface area contributed by atoms with Crippen molar-refractivity contribution in [3.63, 3.8) is 0 Å². The van der Waals surface area contributed by atoms with Gasteiger partial charge in [0.2, 0.25) is 0 Å². The van der Waals surface area contributed by atoms with Crippen LogP contribution in [-0.4, -0.2) is 23.6 Å². The molecule has 1 heterocycles. The Labute approximate surface area is 175 Å². The summed E-state index contributed by atoms with van der Waals surface area (Å²) in [5.74, 6) is -0.668. The van der Waals surface area contributed by atoms with E-state index in [2.05, 4.69) is 26.6 Å². The Balaban J connectivity index is 1.79.